The third-order valence-electron chi connectivity index (χ3n) is 1.18. The average Bonchev–Trinajstić information content (AvgIpc) is 2.54. The van der Waals surface area contributed by atoms with E-state index in [1.807, 2.05) is 30.3 Å². The molecule has 2 aromatic rings. The molecular formula is C9H8Br2N2. The molecule has 2 heterocycles. The minimum Gasteiger partial charge on any atom is -0.344 e. The van der Waals surface area contributed by atoms with Crippen LogP contribution < -0.4 is 0 Å². The van der Waals surface area contributed by atoms with Gasteiger partial charge < -0.3 is 4.98 Å². The van der Waals surface area contributed by atoms with Gasteiger partial charge in [-0.3, -0.25) is 4.98 Å². The van der Waals surface area contributed by atoms with E-state index in [1.54, 1.807) is 12.4 Å². The Bertz CT molecular complexity index is 289. The molecule has 0 spiro atoms. The first-order chi connectivity index (χ1) is 6.29. The number of hydrogen-bond acceptors (Lipinski definition) is 1. The molecule has 2 rings (SSSR count). The number of pyridine rings is 1. The fourth-order valence-electron chi connectivity index (χ4n) is 0.656. The Morgan fingerprint density at radius 3 is 1.62 bits per heavy atom. The van der Waals surface area contributed by atoms with Crippen LogP contribution in [-0.2, 0) is 0 Å². The van der Waals surface area contributed by atoms with Crippen molar-refractivity contribution in [1.82, 2.24) is 9.97 Å². The SMILES string of the molecule is Brc1ccc(Br)[nH]1.c1ccncc1. The van der Waals surface area contributed by atoms with E-state index in [0.29, 0.717) is 0 Å². The highest BCUT2D eigenvalue weighted by atomic mass is 79.9. The monoisotopic (exact) mass is 302 g/mol. The van der Waals surface area contributed by atoms with Gasteiger partial charge in [-0.1, -0.05) is 6.07 Å². The van der Waals surface area contributed by atoms with Crippen LogP contribution >= 0.6 is 31.9 Å². The van der Waals surface area contributed by atoms with Gasteiger partial charge in [0, 0.05) is 12.4 Å². The number of nitrogens with zero attached hydrogens (tertiary/aromatic N) is 1. The van der Waals surface area contributed by atoms with E-state index >= 15 is 0 Å². The zero-order chi connectivity index (χ0) is 9.52. The van der Waals surface area contributed by atoms with E-state index in [0.717, 1.165) is 9.21 Å². The minimum absolute atomic E-state index is 0.999. The molecule has 0 atom stereocenters. The maximum atomic E-state index is 3.78. The van der Waals surface area contributed by atoms with Gasteiger partial charge in [0.2, 0.25) is 0 Å². The predicted molar refractivity (Wildman–Crippen MR) is 60.4 cm³/mol. The standard InChI is InChI=1S/C5H5N.C4H3Br2N/c1-2-4-6-5-3-1;5-3-1-2-4(6)7-3/h1-5H;1-2,7H. The van der Waals surface area contributed by atoms with Crippen LogP contribution in [0.1, 0.15) is 0 Å². The zero-order valence-electron chi connectivity index (χ0n) is 6.74. The van der Waals surface area contributed by atoms with Gasteiger partial charge in [0.05, 0.1) is 9.21 Å². The van der Waals surface area contributed by atoms with Gasteiger partial charge in [-0.05, 0) is 56.1 Å². The van der Waals surface area contributed by atoms with E-state index < -0.39 is 0 Å². The summed E-state index contributed by atoms with van der Waals surface area (Å²) in [4.78, 5) is 6.76. The second-order valence-electron chi connectivity index (χ2n) is 2.18. The second kappa shape index (κ2) is 5.94. The van der Waals surface area contributed by atoms with Crippen molar-refractivity contribution in [3.8, 4) is 0 Å². The van der Waals surface area contributed by atoms with E-state index in [9.17, 15) is 0 Å². The summed E-state index contributed by atoms with van der Waals surface area (Å²) < 4.78 is 2.00. The normalized spacial score (nSPS) is 8.77. The number of nitrogens with one attached hydrogen (secondary N) is 1. The Morgan fingerprint density at radius 2 is 1.46 bits per heavy atom. The molecule has 0 fully saturated rings. The highest BCUT2D eigenvalue weighted by molar-refractivity contribution is 9.11. The molecule has 13 heavy (non-hydrogen) atoms. The average molecular weight is 304 g/mol. The lowest BCUT2D eigenvalue weighted by Crippen LogP contribution is -1.58. The summed E-state index contributed by atoms with van der Waals surface area (Å²) in [5.41, 5.74) is 0. The fourth-order valence-corrected chi connectivity index (χ4v) is 1.61. The fraction of sp³-hybridized carbons (Fsp3) is 0. The Hall–Kier alpha value is -0.610. The van der Waals surface area contributed by atoms with Crippen LogP contribution in [0.5, 0.6) is 0 Å². The van der Waals surface area contributed by atoms with E-state index in [4.69, 9.17) is 0 Å². The van der Waals surface area contributed by atoms with Gasteiger partial charge in [-0.25, -0.2) is 0 Å². The third-order valence-corrected chi connectivity index (χ3v) is 2.11. The maximum Gasteiger partial charge on any atom is 0.0828 e. The van der Waals surface area contributed by atoms with Crippen molar-refractivity contribution in [2.24, 2.45) is 0 Å². The quantitative estimate of drug-likeness (QED) is 0.791. The topological polar surface area (TPSA) is 28.7 Å². The van der Waals surface area contributed by atoms with Crippen LogP contribution in [0.25, 0.3) is 0 Å². The molecule has 0 aromatic carbocycles. The Kier molecular flexibility index (Phi) is 4.78. The number of hydrogen-bond donors (Lipinski definition) is 1. The summed E-state index contributed by atoms with van der Waals surface area (Å²) in [6.45, 7) is 0. The molecule has 0 saturated heterocycles. The molecule has 0 aliphatic rings. The Balaban J connectivity index is 0.000000132. The van der Waals surface area contributed by atoms with Gasteiger partial charge in [0.25, 0.3) is 0 Å². The zero-order valence-corrected chi connectivity index (χ0v) is 9.92. The molecule has 68 valence electrons. The minimum atomic E-state index is 0.999. The summed E-state index contributed by atoms with van der Waals surface area (Å²) in [5.74, 6) is 0. The molecule has 2 nitrogen and oxygen atoms in total. The number of aromatic nitrogens is 2. The van der Waals surface area contributed by atoms with E-state index in [2.05, 4.69) is 41.8 Å². The van der Waals surface area contributed by atoms with Gasteiger partial charge in [-0.2, -0.15) is 0 Å². The molecule has 0 bridgehead atoms. The lowest BCUT2D eigenvalue weighted by atomic mass is 10.5. The number of rotatable bonds is 0. The van der Waals surface area contributed by atoms with Crippen LogP contribution in [0, 0.1) is 0 Å². The van der Waals surface area contributed by atoms with E-state index in [-0.39, 0.29) is 0 Å². The first-order valence-corrected chi connectivity index (χ1v) is 5.22. The first-order valence-electron chi connectivity index (χ1n) is 3.64. The first kappa shape index (κ1) is 10.5. The van der Waals surface area contributed by atoms with Crippen LogP contribution in [0.2, 0.25) is 0 Å². The third kappa shape index (κ3) is 4.85. The highest BCUT2D eigenvalue weighted by Crippen LogP contribution is 2.12. The highest BCUT2D eigenvalue weighted by Gasteiger charge is 1.85. The summed E-state index contributed by atoms with van der Waals surface area (Å²) in [6.07, 6.45) is 3.50. The second-order valence-corrected chi connectivity index (χ2v) is 3.89. The van der Waals surface area contributed by atoms with E-state index in [1.165, 1.54) is 0 Å². The molecule has 0 amide bonds. The van der Waals surface area contributed by atoms with Crippen molar-refractivity contribution < 1.29 is 0 Å². The lowest BCUT2D eigenvalue weighted by molar-refractivity contribution is 1.31. The molecule has 0 radical (unpaired) electrons. The van der Waals surface area contributed by atoms with Crippen molar-refractivity contribution in [3.05, 3.63) is 51.9 Å². The summed E-state index contributed by atoms with van der Waals surface area (Å²) >= 11 is 6.49. The van der Waals surface area contributed by atoms with Crippen molar-refractivity contribution in [3.63, 3.8) is 0 Å². The van der Waals surface area contributed by atoms with Crippen LogP contribution in [0.4, 0.5) is 0 Å². The molecule has 0 aliphatic heterocycles. The molecule has 0 saturated carbocycles. The molecule has 2 aromatic heterocycles. The number of halogens is 2. The van der Waals surface area contributed by atoms with Crippen molar-refractivity contribution in [1.29, 1.82) is 0 Å². The van der Waals surface area contributed by atoms with Crippen molar-refractivity contribution in [2.45, 2.75) is 0 Å². The Morgan fingerprint density at radius 1 is 0.923 bits per heavy atom. The van der Waals surface area contributed by atoms with Crippen molar-refractivity contribution >= 4 is 31.9 Å². The number of H-pyrrole nitrogens is 1. The molecule has 1 N–H and O–H groups in total. The largest absolute Gasteiger partial charge is 0.344 e. The predicted octanol–water partition coefficient (Wildman–Crippen LogP) is 3.62. The number of aromatic amines is 1. The van der Waals surface area contributed by atoms with Crippen LogP contribution in [0.15, 0.2) is 51.9 Å². The molecular weight excluding hydrogens is 296 g/mol. The molecule has 4 heteroatoms. The summed E-state index contributed by atoms with van der Waals surface area (Å²) in [6, 6.07) is 9.58. The van der Waals surface area contributed by atoms with Gasteiger partial charge in [0.15, 0.2) is 0 Å². The van der Waals surface area contributed by atoms with Crippen LogP contribution in [-0.4, -0.2) is 9.97 Å². The maximum absolute atomic E-state index is 3.78. The van der Waals surface area contributed by atoms with Gasteiger partial charge >= 0.3 is 0 Å². The van der Waals surface area contributed by atoms with Gasteiger partial charge in [-0.15, -0.1) is 0 Å². The molecule has 0 unspecified atom stereocenters. The summed E-state index contributed by atoms with van der Waals surface area (Å²) in [5, 5.41) is 0. The lowest BCUT2D eigenvalue weighted by Gasteiger charge is -1.73. The van der Waals surface area contributed by atoms with Crippen LogP contribution in [0.3, 0.4) is 0 Å². The van der Waals surface area contributed by atoms with Crippen molar-refractivity contribution in [2.75, 3.05) is 0 Å². The molecule has 0 aliphatic carbocycles. The summed E-state index contributed by atoms with van der Waals surface area (Å²) in [7, 11) is 0. The smallest absolute Gasteiger partial charge is 0.0828 e. The van der Waals surface area contributed by atoms with Gasteiger partial charge in [0.1, 0.15) is 0 Å². The Labute approximate surface area is 93.7 Å².